The molecule has 0 saturated carbocycles. The van der Waals surface area contributed by atoms with Gasteiger partial charge in [-0.15, -0.1) is 0 Å². The van der Waals surface area contributed by atoms with Gasteiger partial charge in [0.2, 0.25) is 0 Å². The number of halogens is 4. The highest BCUT2D eigenvalue weighted by molar-refractivity contribution is 5.98. The van der Waals surface area contributed by atoms with Crippen LogP contribution in [0.1, 0.15) is 35.7 Å². The zero-order valence-corrected chi connectivity index (χ0v) is 9.47. The Bertz CT molecular complexity index is 477. The average Bonchev–Trinajstić information content (AvgIpc) is 2.23. The van der Waals surface area contributed by atoms with Crippen LogP contribution in [0, 0.1) is 5.82 Å². The number of hydrogen-bond acceptors (Lipinski definition) is 2. The molecule has 0 saturated heterocycles. The fraction of sp³-hybridized carbons (Fsp3) is 0.333. The summed E-state index contributed by atoms with van der Waals surface area (Å²) in [5.74, 6) is -2.07. The van der Waals surface area contributed by atoms with E-state index in [9.17, 15) is 27.2 Å². The molecule has 6 heteroatoms. The first-order valence-corrected chi connectivity index (χ1v) is 5.10. The summed E-state index contributed by atoms with van der Waals surface area (Å²) in [6, 6.07) is 1.64. The molecule has 0 amide bonds. The summed E-state index contributed by atoms with van der Waals surface area (Å²) >= 11 is 0. The van der Waals surface area contributed by atoms with Gasteiger partial charge in [0.05, 0.1) is 5.56 Å². The quantitative estimate of drug-likeness (QED) is 0.615. The first-order valence-electron chi connectivity index (χ1n) is 5.10. The summed E-state index contributed by atoms with van der Waals surface area (Å²) in [5.41, 5.74) is -1.59. The normalized spacial score (nSPS) is 11.4. The predicted octanol–water partition coefficient (Wildman–Crippen LogP) is 3.40. The van der Waals surface area contributed by atoms with Gasteiger partial charge < -0.3 is 4.79 Å². The number of benzene rings is 1. The molecule has 0 aliphatic heterocycles. The van der Waals surface area contributed by atoms with Crippen molar-refractivity contribution in [3.63, 3.8) is 0 Å². The summed E-state index contributed by atoms with van der Waals surface area (Å²) in [6.07, 6.45) is -5.01. The first-order chi connectivity index (χ1) is 8.20. The van der Waals surface area contributed by atoms with Crippen molar-refractivity contribution < 1.29 is 27.2 Å². The Balaban J connectivity index is 2.99. The maximum atomic E-state index is 13.0. The Morgan fingerprint density at radius 1 is 1.11 bits per heavy atom. The van der Waals surface area contributed by atoms with Crippen LogP contribution in [0.3, 0.4) is 0 Å². The van der Waals surface area contributed by atoms with Crippen molar-refractivity contribution >= 4 is 11.6 Å². The lowest BCUT2D eigenvalue weighted by molar-refractivity contribution is -0.137. The highest BCUT2D eigenvalue weighted by atomic mass is 19.4. The zero-order chi connectivity index (χ0) is 13.9. The van der Waals surface area contributed by atoms with Gasteiger partial charge in [0.1, 0.15) is 11.6 Å². The van der Waals surface area contributed by atoms with E-state index in [0.717, 1.165) is 6.07 Å². The van der Waals surface area contributed by atoms with Crippen molar-refractivity contribution in [1.29, 1.82) is 0 Å². The topological polar surface area (TPSA) is 34.1 Å². The number of carbonyl (C=O) groups is 2. The highest BCUT2D eigenvalue weighted by Gasteiger charge is 2.31. The number of ketones is 2. The third-order valence-electron chi connectivity index (χ3n) is 2.25. The van der Waals surface area contributed by atoms with Crippen LogP contribution in [0.5, 0.6) is 0 Å². The van der Waals surface area contributed by atoms with E-state index in [1.165, 1.54) is 6.92 Å². The van der Waals surface area contributed by atoms with Crippen molar-refractivity contribution in [2.45, 2.75) is 25.9 Å². The van der Waals surface area contributed by atoms with E-state index in [1.807, 2.05) is 0 Å². The Morgan fingerprint density at radius 2 is 1.72 bits per heavy atom. The van der Waals surface area contributed by atoms with E-state index in [0.29, 0.717) is 12.1 Å². The number of carbonyl (C=O) groups excluding carboxylic acids is 2. The maximum Gasteiger partial charge on any atom is 0.416 e. The van der Waals surface area contributed by atoms with E-state index >= 15 is 0 Å². The van der Waals surface area contributed by atoms with Crippen LogP contribution in [0.2, 0.25) is 0 Å². The summed E-state index contributed by atoms with van der Waals surface area (Å²) in [5, 5.41) is 0. The summed E-state index contributed by atoms with van der Waals surface area (Å²) in [7, 11) is 0. The summed E-state index contributed by atoms with van der Waals surface area (Å²) in [4.78, 5) is 22.2. The van der Waals surface area contributed by atoms with Crippen molar-refractivity contribution in [2.24, 2.45) is 0 Å². The molecular weight excluding hydrogens is 252 g/mol. The molecule has 1 rings (SSSR count). The molecule has 1 aromatic carbocycles. The van der Waals surface area contributed by atoms with Gasteiger partial charge in [-0.3, -0.25) is 4.79 Å². The van der Waals surface area contributed by atoms with Crippen LogP contribution >= 0.6 is 0 Å². The summed E-state index contributed by atoms with van der Waals surface area (Å²) < 4.78 is 50.2. The van der Waals surface area contributed by atoms with Gasteiger partial charge in [-0.05, 0) is 25.1 Å². The SMILES string of the molecule is CC(=O)CCC(=O)c1cc(F)cc(C(F)(F)F)c1. The molecule has 0 spiro atoms. The Labute approximate surface area is 101 Å². The zero-order valence-electron chi connectivity index (χ0n) is 9.47. The second kappa shape index (κ2) is 5.29. The van der Waals surface area contributed by atoms with E-state index < -0.39 is 23.3 Å². The van der Waals surface area contributed by atoms with E-state index in [4.69, 9.17) is 0 Å². The lowest BCUT2D eigenvalue weighted by Gasteiger charge is -2.08. The molecule has 0 fully saturated rings. The van der Waals surface area contributed by atoms with Gasteiger partial charge >= 0.3 is 6.18 Å². The molecule has 0 radical (unpaired) electrons. The van der Waals surface area contributed by atoms with Crippen molar-refractivity contribution in [3.8, 4) is 0 Å². The second-order valence-electron chi connectivity index (χ2n) is 3.85. The second-order valence-corrected chi connectivity index (χ2v) is 3.85. The lowest BCUT2D eigenvalue weighted by atomic mass is 10.0. The first kappa shape index (κ1) is 14.3. The van der Waals surface area contributed by atoms with Gasteiger partial charge in [-0.25, -0.2) is 4.39 Å². The molecule has 0 aliphatic carbocycles. The Morgan fingerprint density at radius 3 is 2.22 bits per heavy atom. The maximum absolute atomic E-state index is 13.0. The van der Waals surface area contributed by atoms with Crippen LogP contribution in [-0.2, 0) is 11.0 Å². The minimum atomic E-state index is -4.71. The van der Waals surface area contributed by atoms with Crippen LogP contribution in [0.15, 0.2) is 18.2 Å². The largest absolute Gasteiger partial charge is 0.416 e. The van der Waals surface area contributed by atoms with Crippen molar-refractivity contribution in [1.82, 2.24) is 0 Å². The van der Waals surface area contributed by atoms with E-state index in [-0.39, 0.29) is 24.2 Å². The monoisotopic (exact) mass is 262 g/mol. The highest BCUT2D eigenvalue weighted by Crippen LogP contribution is 2.30. The molecule has 98 valence electrons. The molecule has 0 atom stereocenters. The molecule has 2 nitrogen and oxygen atoms in total. The standard InChI is InChI=1S/C12H10F4O2/c1-7(17)2-3-11(18)8-4-9(12(14,15)16)6-10(13)5-8/h4-6H,2-3H2,1H3. The van der Waals surface area contributed by atoms with Crippen molar-refractivity contribution in [3.05, 3.63) is 35.1 Å². The third kappa shape index (κ3) is 3.94. The smallest absolute Gasteiger partial charge is 0.300 e. The third-order valence-corrected chi connectivity index (χ3v) is 2.25. The van der Waals surface area contributed by atoms with Gasteiger partial charge in [0, 0.05) is 18.4 Å². The van der Waals surface area contributed by atoms with Crippen molar-refractivity contribution in [2.75, 3.05) is 0 Å². The molecule has 0 aromatic heterocycles. The molecule has 0 bridgehead atoms. The van der Waals surface area contributed by atoms with Crippen LogP contribution in [-0.4, -0.2) is 11.6 Å². The molecule has 0 unspecified atom stereocenters. The van der Waals surface area contributed by atoms with Gasteiger partial charge in [0.25, 0.3) is 0 Å². The van der Waals surface area contributed by atoms with Gasteiger partial charge in [-0.2, -0.15) is 13.2 Å². The molecule has 1 aromatic rings. The van der Waals surface area contributed by atoms with Crippen LogP contribution < -0.4 is 0 Å². The lowest BCUT2D eigenvalue weighted by Crippen LogP contribution is -2.09. The molecule has 0 heterocycles. The minimum Gasteiger partial charge on any atom is -0.300 e. The predicted molar refractivity (Wildman–Crippen MR) is 55.6 cm³/mol. The number of alkyl halides is 3. The molecule has 18 heavy (non-hydrogen) atoms. The fourth-order valence-electron chi connectivity index (χ4n) is 1.35. The average molecular weight is 262 g/mol. The van der Waals surface area contributed by atoms with Crippen LogP contribution in [0.4, 0.5) is 17.6 Å². The molecular formula is C12H10F4O2. The Kier molecular flexibility index (Phi) is 4.21. The fourth-order valence-corrected chi connectivity index (χ4v) is 1.35. The van der Waals surface area contributed by atoms with Gasteiger partial charge in [0.15, 0.2) is 5.78 Å². The molecule has 0 N–H and O–H groups in total. The minimum absolute atomic E-state index is 0.0727. The van der Waals surface area contributed by atoms with Gasteiger partial charge in [-0.1, -0.05) is 0 Å². The molecule has 0 aliphatic rings. The van der Waals surface area contributed by atoms with E-state index in [1.54, 1.807) is 0 Å². The van der Waals surface area contributed by atoms with E-state index in [2.05, 4.69) is 0 Å². The van der Waals surface area contributed by atoms with Crippen LogP contribution in [0.25, 0.3) is 0 Å². The number of rotatable bonds is 4. The Hall–Kier alpha value is -1.72. The number of hydrogen-bond donors (Lipinski definition) is 0. The summed E-state index contributed by atoms with van der Waals surface area (Å²) in [6.45, 7) is 1.26. The number of Topliss-reactive ketones (excluding diaryl/α,β-unsaturated/α-hetero) is 2.